The maximum absolute atomic E-state index is 10.7. The third-order valence-corrected chi connectivity index (χ3v) is 3.60. The molecular formula is C19H23IN4O3. The van der Waals surface area contributed by atoms with Gasteiger partial charge in [-0.05, 0) is 23.3 Å². The summed E-state index contributed by atoms with van der Waals surface area (Å²) in [7, 11) is 1.63. The number of nitro benzene ring substituents is 1. The molecule has 0 spiro atoms. The molecule has 144 valence electrons. The molecule has 0 unspecified atom stereocenters. The molecule has 0 heterocycles. The summed E-state index contributed by atoms with van der Waals surface area (Å²) < 4.78 is 5.14. The van der Waals surface area contributed by atoms with E-state index in [1.54, 1.807) is 25.3 Å². The van der Waals surface area contributed by atoms with E-state index in [1.807, 2.05) is 24.3 Å². The van der Waals surface area contributed by atoms with E-state index in [0.717, 1.165) is 16.9 Å². The number of nitrogens with zero attached hydrogens (tertiary/aromatic N) is 2. The Morgan fingerprint density at radius 3 is 2.33 bits per heavy atom. The van der Waals surface area contributed by atoms with Crippen LogP contribution in [0.15, 0.2) is 66.2 Å². The molecular weight excluding hydrogens is 459 g/mol. The lowest BCUT2D eigenvalue weighted by molar-refractivity contribution is -0.384. The zero-order valence-corrected chi connectivity index (χ0v) is 17.4. The third-order valence-electron chi connectivity index (χ3n) is 3.60. The molecule has 2 N–H and O–H groups in total. The Balaban J connectivity index is 0.00000364. The highest BCUT2D eigenvalue weighted by Gasteiger charge is 2.04. The van der Waals surface area contributed by atoms with Crippen LogP contribution >= 0.6 is 24.0 Å². The van der Waals surface area contributed by atoms with E-state index >= 15 is 0 Å². The molecule has 2 aromatic carbocycles. The Hall–Kier alpha value is -2.62. The van der Waals surface area contributed by atoms with Crippen LogP contribution in [-0.4, -0.2) is 24.5 Å². The zero-order chi connectivity index (χ0) is 18.8. The molecule has 2 rings (SSSR count). The molecule has 0 amide bonds. The summed E-state index contributed by atoms with van der Waals surface area (Å²) in [6.07, 6.45) is 1.75. The first-order valence-electron chi connectivity index (χ1n) is 8.11. The van der Waals surface area contributed by atoms with Gasteiger partial charge in [0.05, 0.1) is 18.6 Å². The fraction of sp³-hybridized carbons (Fsp3) is 0.211. The molecule has 7 nitrogen and oxygen atoms in total. The van der Waals surface area contributed by atoms with Gasteiger partial charge in [0.25, 0.3) is 5.69 Å². The number of non-ortho nitro benzene ring substituents is 1. The maximum atomic E-state index is 10.7. The van der Waals surface area contributed by atoms with Gasteiger partial charge in [-0.15, -0.1) is 30.6 Å². The lowest BCUT2D eigenvalue weighted by Gasteiger charge is -2.11. The average Bonchev–Trinajstić information content (AvgIpc) is 2.68. The van der Waals surface area contributed by atoms with E-state index in [9.17, 15) is 10.1 Å². The summed E-state index contributed by atoms with van der Waals surface area (Å²) in [6.45, 7) is 5.28. The van der Waals surface area contributed by atoms with Gasteiger partial charge in [0.1, 0.15) is 5.75 Å². The molecule has 8 heteroatoms. The molecule has 0 aliphatic rings. The zero-order valence-electron chi connectivity index (χ0n) is 15.1. The topological polar surface area (TPSA) is 88.8 Å². The number of nitro groups is 1. The van der Waals surface area contributed by atoms with E-state index in [-0.39, 0.29) is 29.7 Å². The minimum atomic E-state index is -0.412. The van der Waals surface area contributed by atoms with Crippen LogP contribution in [0.2, 0.25) is 0 Å². The third kappa shape index (κ3) is 7.65. The molecule has 0 atom stereocenters. The van der Waals surface area contributed by atoms with Crippen molar-refractivity contribution in [3.8, 4) is 5.75 Å². The monoisotopic (exact) mass is 482 g/mol. The van der Waals surface area contributed by atoms with Crippen LogP contribution in [0.25, 0.3) is 0 Å². The Labute approximate surface area is 175 Å². The van der Waals surface area contributed by atoms with Gasteiger partial charge in [-0.25, -0.2) is 4.99 Å². The van der Waals surface area contributed by atoms with E-state index in [2.05, 4.69) is 22.2 Å². The van der Waals surface area contributed by atoms with Gasteiger partial charge in [-0.3, -0.25) is 10.1 Å². The molecule has 0 aliphatic heterocycles. The van der Waals surface area contributed by atoms with Gasteiger partial charge >= 0.3 is 0 Å². The van der Waals surface area contributed by atoms with Crippen LogP contribution in [0.3, 0.4) is 0 Å². The van der Waals surface area contributed by atoms with Crippen molar-refractivity contribution < 1.29 is 9.66 Å². The first-order chi connectivity index (χ1) is 12.6. The smallest absolute Gasteiger partial charge is 0.269 e. The van der Waals surface area contributed by atoms with Crippen LogP contribution in [0, 0.1) is 10.1 Å². The predicted octanol–water partition coefficient (Wildman–Crippen LogP) is 3.64. The van der Waals surface area contributed by atoms with Gasteiger partial charge in [-0.2, -0.15) is 0 Å². The first-order valence-corrected chi connectivity index (χ1v) is 8.11. The van der Waals surface area contributed by atoms with Crippen LogP contribution in [-0.2, 0) is 13.1 Å². The molecule has 0 aromatic heterocycles. The van der Waals surface area contributed by atoms with Gasteiger partial charge in [0, 0.05) is 25.2 Å². The molecule has 2 aromatic rings. The molecule has 0 fully saturated rings. The molecule has 0 bridgehead atoms. The van der Waals surface area contributed by atoms with Crippen molar-refractivity contribution in [3.05, 3.63) is 82.4 Å². The number of nitrogens with one attached hydrogen (secondary N) is 2. The van der Waals surface area contributed by atoms with Crippen LogP contribution in [0.4, 0.5) is 5.69 Å². The fourth-order valence-corrected chi connectivity index (χ4v) is 2.17. The minimum Gasteiger partial charge on any atom is -0.497 e. The second-order valence-electron chi connectivity index (χ2n) is 5.46. The van der Waals surface area contributed by atoms with Gasteiger partial charge in [0.15, 0.2) is 5.96 Å². The highest BCUT2D eigenvalue weighted by molar-refractivity contribution is 14.0. The number of rotatable bonds is 8. The highest BCUT2D eigenvalue weighted by Crippen LogP contribution is 2.13. The normalized spacial score (nSPS) is 10.5. The second-order valence-corrected chi connectivity index (χ2v) is 5.46. The van der Waals surface area contributed by atoms with E-state index < -0.39 is 4.92 Å². The summed E-state index contributed by atoms with van der Waals surface area (Å²) in [5.74, 6) is 1.44. The van der Waals surface area contributed by atoms with E-state index in [1.165, 1.54) is 12.1 Å². The molecule has 27 heavy (non-hydrogen) atoms. The predicted molar refractivity (Wildman–Crippen MR) is 118 cm³/mol. The van der Waals surface area contributed by atoms with Crippen LogP contribution in [0.5, 0.6) is 5.75 Å². The summed E-state index contributed by atoms with van der Waals surface area (Å²) in [5, 5.41) is 17.1. The number of hydrogen-bond donors (Lipinski definition) is 2. The Bertz CT molecular complexity index is 762. The van der Waals surface area contributed by atoms with Crippen molar-refractivity contribution in [2.45, 2.75) is 13.1 Å². The Morgan fingerprint density at radius 2 is 1.78 bits per heavy atom. The number of hydrogen-bond acceptors (Lipinski definition) is 4. The second kappa shape index (κ2) is 11.9. The number of guanidine groups is 1. The van der Waals surface area contributed by atoms with Crippen LogP contribution in [0.1, 0.15) is 11.1 Å². The fourth-order valence-electron chi connectivity index (χ4n) is 2.17. The molecule has 0 saturated carbocycles. The van der Waals surface area contributed by atoms with Crippen molar-refractivity contribution in [3.63, 3.8) is 0 Å². The first kappa shape index (κ1) is 22.4. The number of halogens is 1. The van der Waals surface area contributed by atoms with Gasteiger partial charge in [0.2, 0.25) is 0 Å². The Kier molecular flexibility index (Phi) is 9.88. The van der Waals surface area contributed by atoms with Crippen molar-refractivity contribution >= 4 is 35.6 Å². The van der Waals surface area contributed by atoms with E-state index in [0.29, 0.717) is 25.6 Å². The lowest BCUT2D eigenvalue weighted by Crippen LogP contribution is -2.37. The number of benzene rings is 2. The number of aliphatic imine (C=N–C) groups is 1. The molecule has 0 saturated heterocycles. The van der Waals surface area contributed by atoms with Gasteiger partial charge in [-0.1, -0.05) is 30.3 Å². The van der Waals surface area contributed by atoms with Crippen molar-refractivity contribution in [1.29, 1.82) is 0 Å². The standard InChI is InChI=1S/C19H22N4O3.HI/c1-3-12-20-19(22-14-16-6-10-18(26-2)11-7-16)21-13-15-4-8-17(9-5-15)23(24)25;/h3-11H,1,12-14H2,2H3,(H2,20,21,22);1H. The van der Waals surface area contributed by atoms with Crippen LogP contribution < -0.4 is 15.4 Å². The van der Waals surface area contributed by atoms with Crippen molar-refractivity contribution in [1.82, 2.24) is 10.6 Å². The van der Waals surface area contributed by atoms with Crippen molar-refractivity contribution in [2.24, 2.45) is 4.99 Å². The molecule has 0 radical (unpaired) electrons. The minimum absolute atomic E-state index is 0. The highest BCUT2D eigenvalue weighted by atomic mass is 127. The summed E-state index contributed by atoms with van der Waals surface area (Å²) in [6, 6.07) is 14.1. The van der Waals surface area contributed by atoms with E-state index in [4.69, 9.17) is 4.74 Å². The van der Waals surface area contributed by atoms with Crippen molar-refractivity contribution in [2.75, 3.05) is 13.7 Å². The molecule has 0 aliphatic carbocycles. The maximum Gasteiger partial charge on any atom is 0.269 e. The average molecular weight is 482 g/mol. The number of methoxy groups -OCH3 is 1. The summed E-state index contributed by atoms with van der Waals surface area (Å²) >= 11 is 0. The number of ether oxygens (including phenoxy) is 1. The quantitative estimate of drug-likeness (QED) is 0.150. The van der Waals surface area contributed by atoms with Gasteiger partial charge < -0.3 is 15.4 Å². The Morgan fingerprint density at radius 1 is 1.15 bits per heavy atom. The lowest BCUT2D eigenvalue weighted by atomic mass is 10.2. The largest absolute Gasteiger partial charge is 0.497 e. The summed E-state index contributed by atoms with van der Waals surface area (Å²) in [4.78, 5) is 14.8. The summed E-state index contributed by atoms with van der Waals surface area (Å²) in [5.41, 5.74) is 2.06. The SMILES string of the molecule is C=CCNC(=NCc1ccc(OC)cc1)NCc1ccc([N+](=O)[O-])cc1.I.